The predicted molar refractivity (Wildman–Crippen MR) is 132 cm³/mol. The molecule has 178 valence electrons. The lowest BCUT2D eigenvalue weighted by atomic mass is 10.1. The highest BCUT2D eigenvalue weighted by atomic mass is 32.2. The molecule has 0 atom stereocenters. The van der Waals surface area contributed by atoms with Crippen LogP contribution in [0, 0.1) is 6.92 Å². The minimum atomic E-state index is -4.03. The van der Waals surface area contributed by atoms with Gasteiger partial charge in [0.1, 0.15) is 18.0 Å². The standard InChI is InChI=1S/C25H27N3O5S/c1-18-8-14-24(15-9-18)34(30,31)28(21-6-5-7-23(16-21)33-4)17-25(29)27-26-19(2)20-10-12-22(32-3)13-11-20/h5-16H,17H2,1-4H3,(H,27,29)/b26-19-. The van der Waals surface area contributed by atoms with E-state index in [0.29, 0.717) is 22.9 Å². The van der Waals surface area contributed by atoms with Crippen molar-refractivity contribution in [3.8, 4) is 11.5 Å². The lowest BCUT2D eigenvalue weighted by Crippen LogP contribution is -2.39. The fourth-order valence-electron chi connectivity index (χ4n) is 3.13. The summed E-state index contributed by atoms with van der Waals surface area (Å²) < 4.78 is 38.3. The van der Waals surface area contributed by atoms with Crippen LogP contribution < -0.4 is 19.2 Å². The number of hydrogen-bond donors (Lipinski definition) is 1. The van der Waals surface area contributed by atoms with Gasteiger partial charge in [0.15, 0.2) is 0 Å². The number of hydrazone groups is 1. The first-order valence-electron chi connectivity index (χ1n) is 10.5. The van der Waals surface area contributed by atoms with Gasteiger partial charge in [-0.25, -0.2) is 13.8 Å². The molecule has 3 aromatic carbocycles. The summed E-state index contributed by atoms with van der Waals surface area (Å²) in [6.07, 6.45) is 0. The largest absolute Gasteiger partial charge is 0.497 e. The molecule has 3 rings (SSSR count). The van der Waals surface area contributed by atoms with E-state index in [2.05, 4.69) is 10.5 Å². The van der Waals surface area contributed by atoms with Crippen LogP contribution in [0.4, 0.5) is 5.69 Å². The molecule has 0 aliphatic carbocycles. The molecule has 0 fully saturated rings. The molecule has 0 spiro atoms. The van der Waals surface area contributed by atoms with E-state index in [1.807, 2.05) is 19.1 Å². The zero-order valence-corrected chi connectivity index (χ0v) is 20.3. The molecule has 8 nitrogen and oxygen atoms in total. The van der Waals surface area contributed by atoms with E-state index in [-0.39, 0.29) is 4.90 Å². The van der Waals surface area contributed by atoms with Crippen LogP contribution in [0.5, 0.6) is 11.5 Å². The molecule has 0 aromatic heterocycles. The molecular formula is C25H27N3O5S. The fourth-order valence-corrected chi connectivity index (χ4v) is 4.54. The van der Waals surface area contributed by atoms with Crippen molar-refractivity contribution in [1.82, 2.24) is 5.43 Å². The number of carbonyl (C=O) groups excluding carboxylic acids is 1. The normalized spacial score (nSPS) is 11.6. The highest BCUT2D eigenvalue weighted by Crippen LogP contribution is 2.27. The molecule has 34 heavy (non-hydrogen) atoms. The first-order valence-corrected chi connectivity index (χ1v) is 11.9. The Labute approximate surface area is 199 Å². The topological polar surface area (TPSA) is 97.3 Å². The van der Waals surface area contributed by atoms with Gasteiger partial charge < -0.3 is 9.47 Å². The number of ether oxygens (including phenoxy) is 2. The van der Waals surface area contributed by atoms with Gasteiger partial charge in [-0.2, -0.15) is 5.10 Å². The second-order valence-corrected chi connectivity index (χ2v) is 9.35. The van der Waals surface area contributed by atoms with Gasteiger partial charge in [0.05, 0.1) is 30.5 Å². The molecule has 0 radical (unpaired) electrons. The SMILES string of the molecule is COc1ccc(/C(C)=N\NC(=O)CN(c2cccc(OC)c2)S(=O)(=O)c2ccc(C)cc2)cc1. The number of methoxy groups -OCH3 is 2. The molecule has 3 aromatic rings. The highest BCUT2D eigenvalue weighted by molar-refractivity contribution is 7.92. The molecule has 0 saturated carbocycles. The number of aryl methyl sites for hydroxylation is 1. The van der Waals surface area contributed by atoms with E-state index in [1.54, 1.807) is 62.6 Å². The summed E-state index contributed by atoms with van der Waals surface area (Å²) in [4.78, 5) is 12.8. The van der Waals surface area contributed by atoms with Crippen LogP contribution in [0.1, 0.15) is 18.1 Å². The van der Waals surface area contributed by atoms with Crippen molar-refractivity contribution in [3.63, 3.8) is 0 Å². The Hall–Kier alpha value is -3.85. The predicted octanol–water partition coefficient (Wildman–Crippen LogP) is 3.75. The monoisotopic (exact) mass is 481 g/mol. The summed E-state index contributed by atoms with van der Waals surface area (Å²) in [5.41, 5.74) is 5.02. The smallest absolute Gasteiger partial charge is 0.264 e. The van der Waals surface area contributed by atoms with Crippen LogP contribution in [-0.4, -0.2) is 40.8 Å². The van der Waals surface area contributed by atoms with Crippen LogP contribution >= 0.6 is 0 Å². The second-order valence-electron chi connectivity index (χ2n) is 7.49. The van der Waals surface area contributed by atoms with Crippen LogP contribution in [-0.2, 0) is 14.8 Å². The lowest BCUT2D eigenvalue weighted by Gasteiger charge is -2.24. The second kappa shape index (κ2) is 10.8. The third-order valence-corrected chi connectivity index (χ3v) is 6.88. The molecule has 0 saturated heterocycles. The zero-order chi connectivity index (χ0) is 24.7. The summed E-state index contributed by atoms with van der Waals surface area (Å²) in [5.74, 6) is 0.581. The summed E-state index contributed by atoms with van der Waals surface area (Å²) in [7, 11) is -0.969. The van der Waals surface area contributed by atoms with Gasteiger partial charge >= 0.3 is 0 Å². The van der Waals surface area contributed by atoms with E-state index >= 15 is 0 Å². The molecule has 0 aliphatic rings. The van der Waals surface area contributed by atoms with Gasteiger partial charge in [0, 0.05) is 6.07 Å². The number of anilines is 1. The van der Waals surface area contributed by atoms with E-state index in [9.17, 15) is 13.2 Å². The van der Waals surface area contributed by atoms with Gasteiger partial charge in [-0.3, -0.25) is 9.10 Å². The summed E-state index contributed by atoms with van der Waals surface area (Å²) >= 11 is 0. The Balaban J connectivity index is 1.87. The quantitative estimate of drug-likeness (QED) is 0.371. The number of nitrogens with zero attached hydrogens (tertiary/aromatic N) is 2. The van der Waals surface area contributed by atoms with Gasteiger partial charge in [-0.1, -0.05) is 23.8 Å². The zero-order valence-electron chi connectivity index (χ0n) is 19.5. The minimum absolute atomic E-state index is 0.0756. The molecule has 1 N–H and O–H groups in total. The molecule has 0 heterocycles. The van der Waals surface area contributed by atoms with E-state index in [0.717, 1.165) is 15.4 Å². The van der Waals surface area contributed by atoms with Crippen LogP contribution in [0.25, 0.3) is 0 Å². The van der Waals surface area contributed by atoms with Gasteiger partial charge in [-0.15, -0.1) is 0 Å². The van der Waals surface area contributed by atoms with Crippen molar-refractivity contribution in [3.05, 3.63) is 83.9 Å². The van der Waals surface area contributed by atoms with Gasteiger partial charge in [-0.05, 0) is 67.9 Å². The number of carbonyl (C=O) groups is 1. The number of benzene rings is 3. The van der Waals surface area contributed by atoms with E-state index < -0.39 is 22.5 Å². The summed E-state index contributed by atoms with van der Waals surface area (Å²) in [6.45, 7) is 3.14. The van der Waals surface area contributed by atoms with Crippen molar-refractivity contribution in [2.24, 2.45) is 5.10 Å². The molecule has 0 aliphatic heterocycles. The van der Waals surface area contributed by atoms with Crippen LogP contribution in [0.2, 0.25) is 0 Å². The maximum Gasteiger partial charge on any atom is 0.264 e. The summed E-state index contributed by atoms with van der Waals surface area (Å²) in [5, 5.41) is 4.13. The van der Waals surface area contributed by atoms with Gasteiger partial charge in [0.2, 0.25) is 0 Å². The Bertz CT molecular complexity index is 1270. The Kier molecular flexibility index (Phi) is 7.91. The molecule has 0 bridgehead atoms. The molecule has 0 unspecified atom stereocenters. The molecule has 9 heteroatoms. The Morgan fingerprint density at radius 3 is 2.21 bits per heavy atom. The van der Waals surface area contributed by atoms with E-state index in [4.69, 9.17) is 9.47 Å². The van der Waals surface area contributed by atoms with Crippen molar-refractivity contribution in [1.29, 1.82) is 0 Å². The third kappa shape index (κ3) is 5.93. The third-order valence-electron chi connectivity index (χ3n) is 5.09. The summed E-state index contributed by atoms with van der Waals surface area (Å²) in [6, 6.07) is 20.2. The number of amides is 1. The van der Waals surface area contributed by atoms with Crippen LogP contribution in [0.3, 0.4) is 0 Å². The van der Waals surface area contributed by atoms with Gasteiger partial charge in [0.25, 0.3) is 15.9 Å². The van der Waals surface area contributed by atoms with Crippen LogP contribution in [0.15, 0.2) is 82.8 Å². The number of sulfonamides is 1. The first kappa shape index (κ1) is 24.8. The number of hydrogen-bond acceptors (Lipinski definition) is 6. The maximum atomic E-state index is 13.5. The molecular weight excluding hydrogens is 454 g/mol. The number of nitrogens with one attached hydrogen (secondary N) is 1. The van der Waals surface area contributed by atoms with Crippen molar-refractivity contribution < 1.29 is 22.7 Å². The fraction of sp³-hybridized carbons (Fsp3) is 0.200. The highest BCUT2D eigenvalue weighted by Gasteiger charge is 2.27. The Morgan fingerprint density at radius 1 is 0.941 bits per heavy atom. The first-order chi connectivity index (χ1) is 16.2. The Morgan fingerprint density at radius 2 is 1.59 bits per heavy atom. The van der Waals surface area contributed by atoms with E-state index in [1.165, 1.54) is 19.2 Å². The molecule has 1 amide bonds. The number of rotatable bonds is 9. The van der Waals surface area contributed by atoms with Crippen molar-refractivity contribution in [2.45, 2.75) is 18.7 Å². The minimum Gasteiger partial charge on any atom is -0.497 e. The van der Waals surface area contributed by atoms with Crippen molar-refractivity contribution in [2.75, 3.05) is 25.1 Å². The average molecular weight is 482 g/mol. The average Bonchev–Trinajstić information content (AvgIpc) is 2.86. The van der Waals surface area contributed by atoms with Crippen molar-refractivity contribution >= 4 is 27.3 Å². The lowest BCUT2D eigenvalue weighted by molar-refractivity contribution is -0.119. The maximum absolute atomic E-state index is 13.5.